The number of esters is 1. The van der Waals surface area contributed by atoms with Crippen molar-refractivity contribution in [3.63, 3.8) is 0 Å². The van der Waals surface area contributed by atoms with Crippen LogP contribution in [0.3, 0.4) is 0 Å². The molecular weight excluding hydrogens is 176 g/mol. The van der Waals surface area contributed by atoms with Gasteiger partial charge in [-0.05, 0) is 26.7 Å². The van der Waals surface area contributed by atoms with Gasteiger partial charge >= 0.3 is 5.97 Å². The summed E-state index contributed by atoms with van der Waals surface area (Å²) in [7, 11) is 0. The van der Waals surface area contributed by atoms with Gasteiger partial charge in [0.15, 0.2) is 0 Å². The third-order valence-electron chi connectivity index (χ3n) is 1.68. The molecule has 0 N–H and O–H groups in total. The van der Waals surface area contributed by atoms with Crippen molar-refractivity contribution in [1.29, 1.82) is 0 Å². The summed E-state index contributed by atoms with van der Waals surface area (Å²) in [6.07, 6.45) is 3.84. The topological polar surface area (TPSA) is 26.3 Å². The Hall–Kier alpha value is -1.05. The van der Waals surface area contributed by atoms with Gasteiger partial charge < -0.3 is 4.74 Å². The molecule has 0 aromatic rings. The number of ether oxygens (including phenoxy) is 1. The second-order valence-electron chi connectivity index (χ2n) is 3.74. The van der Waals surface area contributed by atoms with Crippen LogP contribution in [-0.4, -0.2) is 12.6 Å². The first-order valence-electron chi connectivity index (χ1n) is 5.01. The number of allylic oxidation sites excluding steroid dienone is 2. The molecule has 2 nitrogen and oxygen atoms in total. The average Bonchev–Trinajstić information content (AvgIpc) is 2.03. The fraction of sp³-hybridized carbons (Fsp3) is 0.583. The number of carbonyl (C=O) groups excluding carboxylic acids is 1. The molecule has 0 saturated carbocycles. The lowest BCUT2D eigenvalue weighted by atomic mass is 10.1. The molecule has 0 saturated heterocycles. The number of rotatable bonds is 4. The van der Waals surface area contributed by atoms with Crippen molar-refractivity contribution >= 4 is 5.97 Å². The summed E-state index contributed by atoms with van der Waals surface area (Å²) in [4.78, 5) is 11.5. The summed E-state index contributed by atoms with van der Waals surface area (Å²) >= 11 is 0. The highest BCUT2D eigenvalue weighted by Gasteiger charge is 2.08. The fourth-order valence-corrected chi connectivity index (χ4v) is 0.936. The predicted octanol–water partition coefficient (Wildman–Crippen LogP) is 3.10. The summed E-state index contributed by atoms with van der Waals surface area (Å²) in [6, 6.07) is 0. The molecule has 0 heterocycles. The molecule has 0 fully saturated rings. The minimum atomic E-state index is -0.232. The van der Waals surface area contributed by atoms with Crippen LogP contribution in [0.25, 0.3) is 0 Å². The minimum Gasteiger partial charge on any atom is -0.462 e. The Bertz CT molecular complexity index is 243. The fourth-order valence-electron chi connectivity index (χ4n) is 0.936. The molecule has 80 valence electrons. The van der Waals surface area contributed by atoms with Crippen molar-refractivity contribution in [1.82, 2.24) is 0 Å². The molecule has 0 unspecified atom stereocenters. The van der Waals surface area contributed by atoms with E-state index in [4.69, 9.17) is 4.74 Å². The van der Waals surface area contributed by atoms with Crippen LogP contribution in [0.1, 0.15) is 34.6 Å². The van der Waals surface area contributed by atoms with Gasteiger partial charge in [-0.2, -0.15) is 0 Å². The van der Waals surface area contributed by atoms with E-state index in [1.807, 2.05) is 32.9 Å². The molecule has 0 aliphatic heterocycles. The van der Waals surface area contributed by atoms with Gasteiger partial charge in [-0.15, -0.1) is 0 Å². The van der Waals surface area contributed by atoms with Gasteiger partial charge in [0.2, 0.25) is 0 Å². The highest BCUT2D eigenvalue weighted by atomic mass is 16.5. The monoisotopic (exact) mass is 196 g/mol. The predicted molar refractivity (Wildman–Crippen MR) is 59.0 cm³/mol. The average molecular weight is 196 g/mol. The maximum absolute atomic E-state index is 11.5. The van der Waals surface area contributed by atoms with Crippen molar-refractivity contribution in [2.24, 2.45) is 5.92 Å². The smallest absolute Gasteiger partial charge is 0.338 e. The van der Waals surface area contributed by atoms with E-state index in [1.54, 1.807) is 0 Å². The first-order valence-corrected chi connectivity index (χ1v) is 5.01. The lowest BCUT2D eigenvalue weighted by molar-refractivity contribution is -0.138. The van der Waals surface area contributed by atoms with Gasteiger partial charge in [0, 0.05) is 0 Å². The highest BCUT2D eigenvalue weighted by Crippen LogP contribution is 2.09. The van der Waals surface area contributed by atoms with Crippen LogP contribution in [0.2, 0.25) is 0 Å². The third-order valence-corrected chi connectivity index (χ3v) is 1.68. The summed E-state index contributed by atoms with van der Waals surface area (Å²) in [5.74, 6) is 0.211. The molecule has 0 aliphatic carbocycles. The summed E-state index contributed by atoms with van der Waals surface area (Å²) in [6.45, 7) is 10.2. The second kappa shape index (κ2) is 6.41. The molecule has 0 rings (SSSR count). The molecule has 0 amide bonds. The molecule has 0 aromatic heterocycles. The quantitative estimate of drug-likeness (QED) is 0.392. The SMILES string of the molecule is CCOC(=O)C(/C=C/C(C)C)=C(C)C. The van der Waals surface area contributed by atoms with Crippen molar-refractivity contribution in [2.45, 2.75) is 34.6 Å². The Morgan fingerprint density at radius 1 is 1.36 bits per heavy atom. The Morgan fingerprint density at radius 2 is 1.93 bits per heavy atom. The summed E-state index contributed by atoms with van der Waals surface area (Å²) in [5, 5.41) is 0. The van der Waals surface area contributed by atoms with E-state index in [0.29, 0.717) is 18.1 Å². The zero-order chi connectivity index (χ0) is 11.1. The van der Waals surface area contributed by atoms with E-state index in [9.17, 15) is 4.79 Å². The van der Waals surface area contributed by atoms with Crippen LogP contribution in [0.15, 0.2) is 23.3 Å². The van der Waals surface area contributed by atoms with Crippen molar-refractivity contribution in [3.8, 4) is 0 Å². The molecule has 0 aliphatic rings. The molecule has 0 aromatic carbocycles. The molecule has 0 spiro atoms. The van der Waals surface area contributed by atoms with Gasteiger partial charge in [-0.25, -0.2) is 4.79 Å². The maximum atomic E-state index is 11.5. The van der Waals surface area contributed by atoms with Crippen molar-refractivity contribution in [2.75, 3.05) is 6.61 Å². The summed E-state index contributed by atoms with van der Waals surface area (Å²) in [5.41, 5.74) is 1.65. The van der Waals surface area contributed by atoms with Crippen LogP contribution < -0.4 is 0 Å². The van der Waals surface area contributed by atoms with Crippen molar-refractivity contribution < 1.29 is 9.53 Å². The number of hydrogen-bond acceptors (Lipinski definition) is 2. The second-order valence-corrected chi connectivity index (χ2v) is 3.74. The van der Waals surface area contributed by atoms with Crippen LogP contribution in [-0.2, 0) is 9.53 Å². The maximum Gasteiger partial charge on any atom is 0.338 e. The summed E-state index contributed by atoms with van der Waals surface area (Å²) < 4.78 is 4.95. The molecule has 0 bridgehead atoms. The van der Waals surface area contributed by atoms with Crippen LogP contribution in [0, 0.1) is 5.92 Å². The largest absolute Gasteiger partial charge is 0.462 e. The van der Waals surface area contributed by atoms with E-state index in [1.165, 1.54) is 0 Å². The molecule has 2 heteroatoms. The first kappa shape index (κ1) is 12.9. The van der Waals surface area contributed by atoms with E-state index in [-0.39, 0.29) is 5.97 Å². The van der Waals surface area contributed by atoms with Gasteiger partial charge in [-0.3, -0.25) is 0 Å². The van der Waals surface area contributed by atoms with Gasteiger partial charge in [0.25, 0.3) is 0 Å². The highest BCUT2D eigenvalue weighted by molar-refractivity contribution is 5.92. The Kier molecular flexibility index (Phi) is 5.93. The Morgan fingerprint density at radius 3 is 2.29 bits per heavy atom. The minimum absolute atomic E-state index is 0.232. The van der Waals surface area contributed by atoms with Gasteiger partial charge in [0.1, 0.15) is 0 Å². The zero-order valence-corrected chi connectivity index (χ0v) is 9.76. The Labute approximate surface area is 86.6 Å². The van der Waals surface area contributed by atoms with Gasteiger partial charge in [0.05, 0.1) is 12.2 Å². The molecule has 0 radical (unpaired) electrons. The molecular formula is C12H20O2. The number of carbonyl (C=O) groups is 1. The van der Waals surface area contributed by atoms with E-state index < -0.39 is 0 Å². The normalized spacial score (nSPS) is 10.7. The lowest BCUT2D eigenvalue weighted by Crippen LogP contribution is -2.07. The molecule has 14 heavy (non-hydrogen) atoms. The third kappa shape index (κ3) is 4.85. The zero-order valence-electron chi connectivity index (χ0n) is 9.76. The van der Waals surface area contributed by atoms with E-state index >= 15 is 0 Å². The Balaban J connectivity index is 4.64. The standard InChI is InChI=1S/C12H20O2/c1-6-14-12(13)11(10(4)5)8-7-9(2)3/h7-9H,6H2,1-5H3/b8-7+. The first-order chi connectivity index (χ1) is 6.49. The number of hydrogen-bond donors (Lipinski definition) is 0. The van der Waals surface area contributed by atoms with E-state index in [0.717, 1.165) is 5.57 Å². The van der Waals surface area contributed by atoms with Gasteiger partial charge in [-0.1, -0.05) is 31.6 Å². The lowest BCUT2D eigenvalue weighted by Gasteiger charge is -2.05. The van der Waals surface area contributed by atoms with Crippen molar-refractivity contribution in [3.05, 3.63) is 23.3 Å². The van der Waals surface area contributed by atoms with Crippen LogP contribution >= 0.6 is 0 Å². The van der Waals surface area contributed by atoms with E-state index in [2.05, 4.69) is 13.8 Å². The van der Waals surface area contributed by atoms with Crippen LogP contribution in [0.5, 0.6) is 0 Å². The van der Waals surface area contributed by atoms with Crippen LogP contribution in [0.4, 0.5) is 0 Å². The molecule has 0 atom stereocenters.